The van der Waals surface area contributed by atoms with E-state index < -0.39 is 0 Å². The van der Waals surface area contributed by atoms with Crippen molar-refractivity contribution in [1.82, 2.24) is 5.32 Å². The molecule has 4 nitrogen and oxygen atoms in total. The fourth-order valence-electron chi connectivity index (χ4n) is 2.75. The summed E-state index contributed by atoms with van der Waals surface area (Å²) in [5.41, 5.74) is 3.28. The summed E-state index contributed by atoms with van der Waals surface area (Å²) in [4.78, 5) is 12.1. The molecule has 1 N–H and O–H groups in total. The number of aryl methyl sites for hydroxylation is 1. The summed E-state index contributed by atoms with van der Waals surface area (Å²) in [7, 11) is 1.62. The lowest BCUT2D eigenvalue weighted by Crippen LogP contribution is -2.24. The number of carbonyl (C=O) groups is 1. The first-order chi connectivity index (χ1) is 11.2. The Morgan fingerprint density at radius 2 is 2.13 bits per heavy atom. The molecule has 2 aromatic rings. The van der Waals surface area contributed by atoms with Crippen molar-refractivity contribution in [2.45, 2.75) is 25.8 Å². The van der Waals surface area contributed by atoms with Gasteiger partial charge in [-0.2, -0.15) is 0 Å². The Bertz CT molecular complexity index is 697. The van der Waals surface area contributed by atoms with E-state index in [9.17, 15) is 4.79 Å². The molecule has 0 radical (unpaired) electrons. The molecule has 1 aliphatic rings. The van der Waals surface area contributed by atoms with Gasteiger partial charge in [0.25, 0.3) is 0 Å². The van der Waals surface area contributed by atoms with Crippen LogP contribution in [0.25, 0.3) is 0 Å². The molecule has 0 fully saturated rings. The van der Waals surface area contributed by atoms with Gasteiger partial charge >= 0.3 is 0 Å². The van der Waals surface area contributed by atoms with Gasteiger partial charge in [0.05, 0.1) is 20.1 Å². The second-order valence-electron chi connectivity index (χ2n) is 5.70. The Labute approximate surface area is 136 Å². The molecule has 1 heterocycles. The van der Waals surface area contributed by atoms with Crippen LogP contribution in [-0.2, 0) is 24.2 Å². The molecule has 2 aromatic carbocycles. The summed E-state index contributed by atoms with van der Waals surface area (Å²) >= 11 is 0. The van der Waals surface area contributed by atoms with E-state index in [1.54, 1.807) is 7.11 Å². The Morgan fingerprint density at radius 3 is 3.00 bits per heavy atom. The minimum atomic E-state index is 0.00669. The summed E-state index contributed by atoms with van der Waals surface area (Å²) in [6.45, 7) is 1.33. The standard InChI is InChI=1S/C19H21NO3/c1-22-17-6-2-4-14(11-17)12-19(21)20-13-15-7-8-18-16(10-15)5-3-9-23-18/h2,4,6-8,10-11H,3,5,9,12-13H2,1H3,(H,20,21). The zero-order valence-electron chi connectivity index (χ0n) is 13.3. The van der Waals surface area contributed by atoms with E-state index in [1.807, 2.05) is 36.4 Å². The van der Waals surface area contributed by atoms with Crippen LogP contribution in [0, 0.1) is 0 Å². The predicted octanol–water partition coefficient (Wildman–Crippen LogP) is 2.88. The number of amides is 1. The summed E-state index contributed by atoms with van der Waals surface area (Å²) in [6, 6.07) is 13.7. The molecular weight excluding hydrogens is 290 g/mol. The molecule has 0 saturated heterocycles. The van der Waals surface area contributed by atoms with E-state index in [-0.39, 0.29) is 5.91 Å². The van der Waals surface area contributed by atoms with Crippen molar-refractivity contribution >= 4 is 5.91 Å². The lowest BCUT2D eigenvalue weighted by Gasteiger charge is -2.18. The third kappa shape index (κ3) is 4.03. The van der Waals surface area contributed by atoms with Crippen LogP contribution in [0.3, 0.4) is 0 Å². The molecular formula is C19H21NO3. The summed E-state index contributed by atoms with van der Waals surface area (Å²) in [5.74, 6) is 1.75. The molecule has 0 aromatic heterocycles. The van der Waals surface area contributed by atoms with Gasteiger partial charge in [0.15, 0.2) is 0 Å². The summed E-state index contributed by atoms with van der Waals surface area (Å²) in [5, 5.41) is 2.97. The zero-order valence-corrected chi connectivity index (χ0v) is 13.3. The Morgan fingerprint density at radius 1 is 1.22 bits per heavy atom. The van der Waals surface area contributed by atoms with Gasteiger partial charge in [-0.05, 0) is 47.7 Å². The van der Waals surface area contributed by atoms with E-state index in [2.05, 4.69) is 11.4 Å². The van der Waals surface area contributed by atoms with Gasteiger partial charge in [0.1, 0.15) is 11.5 Å². The fraction of sp³-hybridized carbons (Fsp3) is 0.316. The topological polar surface area (TPSA) is 47.6 Å². The normalized spacial score (nSPS) is 12.9. The van der Waals surface area contributed by atoms with E-state index in [0.717, 1.165) is 42.1 Å². The van der Waals surface area contributed by atoms with E-state index in [1.165, 1.54) is 5.56 Å². The van der Waals surface area contributed by atoms with Gasteiger partial charge < -0.3 is 14.8 Å². The molecule has 23 heavy (non-hydrogen) atoms. The lowest BCUT2D eigenvalue weighted by atomic mass is 10.0. The number of fused-ring (bicyclic) bond motifs is 1. The average molecular weight is 311 g/mol. The number of benzene rings is 2. The summed E-state index contributed by atoms with van der Waals surface area (Å²) < 4.78 is 10.8. The number of nitrogens with one attached hydrogen (secondary N) is 1. The molecule has 0 unspecified atom stereocenters. The predicted molar refractivity (Wildman–Crippen MR) is 88.8 cm³/mol. The van der Waals surface area contributed by atoms with Crippen molar-refractivity contribution in [1.29, 1.82) is 0 Å². The van der Waals surface area contributed by atoms with Crippen molar-refractivity contribution in [3.05, 3.63) is 59.2 Å². The Balaban J connectivity index is 1.56. The SMILES string of the molecule is COc1cccc(CC(=O)NCc2ccc3c(c2)CCCO3)c1. The van der Waals surface area contributed by atoms with Gasteiger partial charge in [0.2, 0.25) is 5.91 Å². The third-order valence-corrected chi connectivity index (χ3v) is 3.96. The van der Waals surface area contributed by atoms with Gasteiger partial charge in [-0.15, -0.1) is 0 Å². The number of carbonyl (C=O) groups excluding carboxylic acids is 1. The first-order valence-electron chi connectivity index (χ1n) is 7.89. The molecule has 4 heteroatoms. The van der Waals surface area contributed by atoms with Crippen molar-refractivity contribution in [3.8, 4) is 11.5 Å². The van der Waals surface area contributed by atoms with Crippen LogP contribution < -0.4 is 14.8 Å². The van der Waals surface area contributed by atoms with Crippen molar-refractivity contribution in [2.75, 3.05) is 13.7 Å². The van der Waals surface area contributed by atoms with Crippen LogP contribution >= 0.6 is 0 Å². The monoisotopic (exact) mass is 311 g/mol. The minimum Gasteiger partial charge on any atom is -0.497 e. The Kier molecular flexibility index (Phi) is 4.81. The van der Waals surface area contributed by atoms with Gasteiger partial charge in [0, 0.05) is 6.54 Å². The average Bonchev–Trinajstić information content (AvgIpc) is 2.60. The number of ether oxygens (including phenoxy) is 2. The maximum atomic E-state index is 12.1. The molecule has 120 valence electrons. The van der Waals surface area contributed by atoms with Crippen LogP contribution in [0.2, 0.25) is 0 Å². The highest BCUT2D eigenvalue weighted by atomic mass is 16.5. The number of hydrogen-bond donors (Lipinski definition) is 1. The van der Waals surface area contributed by atoms with Crippen LogP contribution in [0.4, 0.5) is 0 Å². The van der Waals surface area contributed by atoms with Crippen molar-refractivity contribution in [3.63, 3.8) is 0 Å². The largest absolute Gasteiger partial charge is 0.497 e. The number of rotatable bonds is 5. The van der Waals surface area contributed by atoms with Crippen LogP contribution in [0.5, 0.6) is 11.5 Å². The number of methoxy groups -OCH3 is 1. The molecule has 0 spiro atoms. The smallest absolute Gasteiger partial charge is 0.224 e. The van der Waals surface area contributed by atoms with Crippen LogP contribution in [0.15, 0.2) is 42.5 Å². The lowest BCUT2D eigenvalue weighted by molar-refractivity contribution is -0.120. The molecule has 0 atom stereocenters. The maximum absolute atomic E-state index is 12.1. The van der Waals surface area contributed by atoms with Gasteiger partial charge in [-0.25, -0.2) is 0 Å². The van der Waals surface area contributed by atoms with Crippen LogP contribution in [-0.4, -0.2) is 19.6 Å². The quantitative estimate of drug-likeness (QED) is 0.923. The molecule has 0 saturated carbocycles. The van der Waals surface area contributed by atoms with E-state index >= 15 is 0 Å². The molecule has 1 aliphatic heterocycles. The fourth-order valence-corrected chi connectivity index (χ4v) is 2.75. The van der Waals surface area contributed by atoms with E-state index in [4.69, 9.17) is 9.47 Å². The first-order valence-corrected chi connectivity index (χ1v) is 7.89. The minimum absolute atomic E-state index is 0.00669. The summed E-state index contributed by atoms with van der Waals surface area (Å²) in [6.07, 6.45) is 2.45. The highest BCUT2D eigenvalue weighted by molar-refractivity contribution is 5.78. The molecule has 1 amide bonds. The first kappa shape index (κ1) is 15.4. The molecule has 3 rings (SSSR count). The highest BCUT2D eigenvalue weighted by Gasteiger charge is 2.11. The molecule has 0 bridgehead atoms. The highest BCUT2D eigenvalue weighted by Crippen LogP contribution is 2.25. The number of hydrogen-bond acceptors (Lipinski definition) is 3. The van der Waals surface area contributed by atoms with Crippen LogP contribution in [0.1, 0.15) is 23.1 Å². The van der Waals surface area contributed by atoms with Crippen molar-refractivity contribution < 1.29 is 14.3 Å². The van der Waals surface area contributed by atoms with Crippen molar-refractivity contribution in [2.24, 2.45) is 0 Å². The molecule has 0 aliphatic carbocycles. The maximum Gasteiger partial charge on any atom is 0.224 e. The van der Waals surface area contributed by atoms with E-state index in [0.29, 0.717) is 13.0 Å². The van der Waals surface area contributed by atoms with Gasteiger partial charge in [-0.1, -0.05) is 24.3 Å². The zero-order chi connectivity index (χ0) is 16.1. The Hall–Kier alpha value is -2.49. The van der Waals surface area contributed by atoms with Gasteiger partial charge in [-0.3, -0.25) is 4.79 Å². The third-order valence-electron chi connectivity index (χ3n) is 3.96. The second-order valence-corrected chi connectivity index (χ2v) is 5.70. The second kappa shape index (κ2) is 7.18.